The third kappa shape index (κ3) is 4.44. The van der Waals surface area contributed by atoms with E-state index in [0.717, 1.165) is 0 Å². The van der Waals surface area contributed by atoms with Crippen LogP contribution in [0.2, 0.25) is 5.02 Å². The second kappa shape index (κ2) is 7.43. The van der Waals surface area contributed by atoms with Crippen LogP contribution in [0.25, 0.3) is 0 Å². The van der Waals surface area contributed by atoms with Crippen molar-refractivity contribution in [3.05, 3.63) is 34.9 Å². The van der Waals surface area contributed by atoms with Gasteiger partial charge in [0.15, 0.2) is 5.78 Å². The average Bonchev–Trinajstić information content (AvgIpc) is 2.44. The highest BCUT2D eigenvalue weighted by molar-refractivity contribution is 14.1. The van der Waals surface area contributed by atoms with E-state index < -0.39 is 22.9 Å². The van der Waals surface area contributed by atoms with Gasteiger partial charge in [-0.1, -0.05) is 34.2 Å². The van der Waals surface area contributed by atoms with Gasteiger partial charge in [-0.05, 0) is 31.3 Å². The van der Waals surface area contributed by atoms with Gasteiger partial charge in [0.1, 0.15) is 3.82 Å². The molecule has 1 saturated heterocycles. The minimum atomic E-state index is -1.24. The van der Waals surface area contributed by atoms with Gasteiger partial charge in [0, 0.05) is 10.6 Å². The molecule has 2 rings (SSSR count). The van der Waals surface area contributed by atoms with Crippen LogP contribution >= 0.6 is 34.2 Å². The standard InChI is InChI=1S/C13H12BClINO5/c1-17-6-10(18)21-14(22-11(19)7-17)13(16)12(20)8-2-4-9(15)5-3-8/h2-5,13H,6-7H2,1H3/t13-/m0/s1. The number of carbonyl (C=O) groups is 3. The number of ketones is 1. The lowest BCUT2D eigenvalue weighted by molar-refractivity contribution is -0.145. The molecule has 1 aromatic carbocycles. The fourth-order valence-electron chi connectivity index (χ4n) is 1.87. The van der Waals surface area contributed by atoms with Crippen LogP contribution in [-0.2, 0) is 18.9 Å². The Hall–Kier alpha value is -1.13. The second-order valence-electron chi connectivity index (χ2n) is 4.79. The van der Waals surface area contributed by atoms with Crippen LogP contribution in [0.4, 0.5) is 0 Å². The Balaban J connectivity index is 2.13. The van der Waals surface area contributed by atoms with Crippen LogP contribution in [0.5, 0.6) is 0 Å². The first-order valence-electron chi connectivity index (χ1n) is 6.38. The fourth-order valence-corrected chi connectivity index (χ4v) is 2.65. The number of nitrogens with zero attached hydrogens (tertiary/aromatic N) is 1. The lowest BCUT2D eigenvalue weighted by Crippen LogP contribution is -2.48. The monoisotopic (exact) mass is 435 g/mol. The number of rotatable bonds is 3. The molecule has 0 saturated carbocycles. The van der Waals surface area contributed by atoms with Crippen molar-refractivity contribution in [2.45, 2.75) is 3.82 Å². The Morgan fingerprint density at radius 1 is 1.23 bits per heavy atom. The number of halogens is 2. The van der Waals surface area contributed by atoms with Crippen LogP contribution in [-0.4, -0.2) is 53.7 Å². The first-order valence-corrected chi connectivity index (χ1v) is 8.00. The second-order valence-corrected chi connectivity index (χ2v) is 6.57. The molecule has 22 heavy (non-hydrogen) atoms. The van der Waals surface area contributed by atoms with Crippen molar-refractivity contribution in [2.24, 2.45) is 0 Å². The summed E-state index contributed by atoms with van der Waals surface area (Å²) >= 11 is 7.58. The summed E-state index contributed by atoms with van der Waals surface area (Å²) in [6.45, 7) is -0.0752. The highest BCUT2D eigenvalue weighted by atomic mass is 127. The topological polar surface area (TPSA) is 72.9 Å². The molecule has 0 N–H and O–H groups in total. The van der Waals surface area contributed by atoms with Crippen LogP contribution in [0.3, 0.4) is 0 Å². The molecule has 0 aromatic heterocycles. The minimum absolute atomic E-state index is 0.0376. The fraction of sp³-hybridized carbons (Fsp3) is 0.308. The molecular formula is C13H12BClINO5. The number of hydrogen-bond acceptors (Lipinski definition) is 6. The number of likely N-dealkylation sites (N-methyl/N-ethyl adjacent to an activating group) is 1. The van der Waals surface area contributed by atoms with Crippen LogP contribution in [0, 0.1) is 0 Å². The van der Waals surface area contributed by atoms with E-state index in [1.54, 1.807) is 53.9 Å². The van der Waals surface area contributed by atoms with Crippen LogP contribution in [0.15, 0.2) is 24.3 Å². The van der Waals surface area contributed by atoms with Crippen LogP contribution < -0.4 is 0 Å². The average molecular weight is 435 g/mol. The smallest absolute Gasteiger partial charge is 0.497 e. The molecule has 116 valence electrons. The highest BCUT2D eigenvalue weighted by Crippen LogP contribution is 2.18. The van der Waals surface area contributed by atoms with Gasteiger partial charge in [0.25, 0.3) is 0 Å². The quantitative estimate of drug-likeness (QED) is 0.309. The molecular weight excluding hydrogens is 423 g/mol. The first-order chi connectivity index (χ1) is 10.4. The Morgan fingerprint density at radius 3 is 2.23 bits per heavy atom. The first kappa shape index (κ1) is 17.2. The molecule has 9 heteroatoms. The normalized spacial score (nSPS) is 18.0. The summed E-state index contributed by atoms with van der Waals surface area (Å²) in [5.74, 6) is -1.41. The zero-order valence-electron chi connectivity index (χ0n) is 11.6. The molecule has 1 aromatic rings. The SMILES string of the molecule is CN1CC(=O)OB([C@@H](I)C(=O)c2ccc(Cl)cc2)OC(=O)C1. The lowest BCUT2D eigenvalue weighted by Gasteiger charge is -2.24. The molecule has 1 atom stereocenters. The van der Waals surface area contributed by atoms with Gasteiger partial charge in [-0.15, -0.1) is 0 Å². The van der Waals surface area contributed by atoms with E-state index in [4.69, 9.17) is 20.9 Å². The van der Waals surface area contributed by atoms with Crippen molar-refractivity contribution in [3.8, 4) is 0 Å². The maximum Gasteiger partial charge on any atom is 0.620 e. The van der Waals surface area contributed by atoms with Crippen molar-refractivity contribution in [1.82, 2.24) is 4.90 Å². The van der Waals surface area contributed by atoms with Gasteiger partial charge in [-0.2, -0.15) is 0 Å². The van der Waals surface area contributed by atoms with E-state index >= 15 is 0 Å². The van der Waals surface area contributed by atoms with Crippen molar-refractivity contribution in [2.75, 3.05) is 20.1 Å². The van der Waals surface area contributed by atoms with Gasteiger partial charge in [0.2, 0.25) is 0 Å². The maximum atomic E-state index is 12.4. The van der Waals surface area contributed by atoms with E-state index in [2.05, 4.69) is 0 Å². The number of alkyl halides is 1. The number of carbonyl (C=O) groups excluding carboxylic acids is 3. The highest BCUT2D eigenvalue weighted by Gasteiger charge is 2.42. The van der Waals surface area contributed by atoms with Gasteiger partial charge >= 0.3 is 19.1 Å². The third-order valence-corrected chi connectivity index (χ3v) is 4.32. The molecule has 0 bridgehead atoms. The summed E-state index contributed by atoms with van der Waals surface area (Å²) in [6, 6.07) is 6.31. The summed E-state index contributed by atoms with van der Waals surface area (Å²) in [6.07, 6.45) is 0. The maximum absolute atomic E-state index is 12.4. The minimum Gasteiger partial charge on any atom is -0.497 e. The summed E-state index contributed by atoms with van der Waals surface area (Å²) in [5.41, 5.74) is 0.398. The lowest BCUT2D eigenvalue weighted by atomic mass is 9.80. The summed E-state index contributed by atoms with van der Waals surface area (Å²) < 4.78 is 9.33. The Labute approximate surface area is 146 Å². The molecule has 1 aliphatic heterocycles. The van der Waals surface area contributed by atoms with Gasteiger partial charge in [-0.25, -0.2) is 0 Å². The summed E-state index contributed by atoms with van der Waals surface area (Å²) in [4.78, 5) is 37.2. The van der Waals surface area contributed by atoms with E-state index in [1.807, 2.05) is 0 Å². The predicted molar refractivity (Wildman–Crippen MR) is 89.0 cm³/mol. The molecule has 0 aliphatic carbocycles. The van der Waals surface area contributed by atoms with Crippen molar-refractivity contribution >= 4 is 59.0 Å². The predicted octanol–water partition coefficient (Wildman–Crippen LogP) is 1.39. The van der Waals surface area contributed by atoms with Gasteiger partial charge in [-0.3, -0.25) is 19.3 Å². The van der Waals surface area contributed by atoms with E-state index in [-0.39, 0.29) is 18.9 Å². The van der Waals surface area contributed by atoms with Crippen molar-refractivity contribution in [3.63, 3.8) is 0 Å². The number of benzene rings is 1. The molecule has 0 spiro atoms. The summed E-state index contributed by atoms with van der Waals surface area (Å²) in [5, 5.41) is 0.508. The molecule has 0 radical (unpaired) electrons. The molecule has 6 nitrogen and oxygen atoms in total. The van der Waals surface area contributed by atoms with E-state index in [9.17, 15) is 14.4 Å². The van der Waals surface area contributed by atoms with E-state index in [0.29, 0.717) is 10.6 Å². The van der Waals surface area contributed by atoms with Crippen LogP contribution in [0.1, 0.15) is 10.4 Å². The van der Waals surface area contributed by atoms with Gasteiger partial charge in [0.05, 0.1) is 13.1 Å². The molecule has 1 fully saturated rings. The summed E-state index contributed by atoms with van der Waals surface area (Å²) in [7, 11) is 0.362. The van der Waals surface area contributed by atoms with Crippen molar-refractivity contribution in [1.29, 1.82) is 0 Å². The Morgan fingerprint density at radius 2 is 1.73 bits per heavy atom. The third-order valence-electron chi connectivity index (χ3n) is 2.91. The number of Topliss-reactive ketones (excluding diaryl/α,β-unsaturated/α-hetero) is 1. The zero-order valence-corrected chi connectivity index (χ0v) is 14.5. The molecule has 1 aliphatic rings. The molecule has 0 amide bonds. The van der Waals surface area contributed by atoms with Crippen molar-refractivity contribution < 1.29 is 23.7 Å². The van der Waals surface area contributed by atoms with Gasteiger partial charge < -0.3 is 9.31 Å². The molecule has 0 unspecified atom stereocenters. The molecule has 1 heterocycles. The Kier molecular flexibility index (Phi) is 5.82. The zero-order chi connectivity index (χ0) is 16.3. The van der Waals surface area contributed by atoms with E-state index in [1.165, 1.54) is 4.90 Å². The Bertz CT molecular complexity index is 577. The largest absolute Gasteiger partial charge is 0.620 e. The number of hydrogen-bond donors (Lipinski definition) is 0.